The van der Waals surface area contributed by atoms with E-state index in [9.17, 15) is 9.18 Å². The zero-order valence-corrected chi connectivity index (χ0v) is 18.5. The molecule has 1 aromatic heterocycles. The fraction of sp³-hybridized carbons (Fsp3) is 0.619. The average Bonchev–Trinajstić information content (AvgIpc) is 3.42. The molecule has 0 saturated carbocycles. The van der Waals surface area contributed by atoms with E-state index in [2.05, 4.69) is 21.0 Å². The zero-order valence-electron chi connectivity index (χ0n) is 17.0. The number of carbonyl (C=O) groups is 1. The predicted molar refractivity (Wildman–Crippen MR) is 111 cm³/mol. The molecule has 2 atom stereocenters. The van der Waals surface area contributed by atoms with Crippen LogP contribution in [0.1, 0.15) is 63.7 Å². The van der Waals surface area contributed by atoms with E-state index < -0.39 is 17.7 Å². The zero-order chi connectivity index (χ0) is 20.8. The van der Waals surface area contributed by atoms with Crippen LogP contribution in [0.2, 0.25) is 0 Å². The van der Waals surface area contributed by atoms with Crippen LogP contribution >= 0.6 is 15.9 Å². The van der Waals surface area contributed by atoms with Crippen LogP contribution < -0.4 is 0 Å². The Bertz CT molecular complexity index is 824. The Balaban J connectivity index is 0.000000419. The number of carbonyl (C=O) groups excluding carboxylic acids is 1. The summed E-state index contributed by atoms with van der Waals surface area (Å²) in [5.41, 5.74) is 0.955. The quantitative estimate of drug-likeness (QED) is 0.581. The van der Waals surface area contributed by atoms with Gasteiger partial charge in [-0.2, -0.15) is 5.10 Å². The molecular weight excluding hydrogens is 443 g/mol. The highest BCUT2D eigenvalue weighted by molar-refractivity contribution is 9.10. The maximum atomic E-state index is 14.7. The first-order valence-corrected chi connectivity index (χ1v) is 11.0. The van der Waals surface area contributed by atoms with E-state index in [0.717, 1.165) is 37.9 Å². The van der Waals surface area contributed by atoms with E-state index in [4.69, 9.17) is 14.2 Å². The summed E-state index contributed by atoms with van der Waals surface area (Å²) in [6, 6.07) is 1.43. The Morgan fingerprint density at radius 3 is 2.66 bits per heavy atom. The third-order valence-electron chi connectivity index (χ3n) is 5.16. The number of hydrogen-bond acceptors (Lipinski definition) is 5. The summed E-state index contributed by atoms with van der Waals surface area (Å²) in [4.78, 5) is 12.0. The minimum atomic E-state index is -0.696. The molecule has 2 aromatic rings. The first kappa shape index (κ1) is 22.2. The highest BCUT2D eigenvalue weighted by Crippen LogP contribution is 2.37. The Labute approximate surface area is 178 Å². The van der Waals surface area contributed by atoms with Crippen molar-refractivity contribution < 1.29 is 23.4 Å². The van der Waals surface area contributed by atoms with Crippen LogP contribution in [0.4, 0.5) is 4.39 Å². The van der Waals surface area contributed by atoms with Gasteiger partial charge in [0.25, 0.3) is 0 Å². The van der Waals surface area contributed by atoms with Crippen LogP contribution in [0, 0.1) is 5.82 Å². The number of halogens is 2. The van der Waals surface area contributed by atoms with Gasteiger partial charge in [-0.1, -0.05) is 0 Å². The summed E-state index contributed by atoms with van der Waals surface area (Å²) in [7, 11) is 0. The minimum absolute atomic E-state index is 0.170. The largest absolute Gasteiger partial charge is 0.466 e. The van der Waals surface area contributed by atoms with Crippen molar-refractivity contribution in [3.63, 3.8) is 0 Å². The van der Waals surface area contributed by atoms with Gasteiger partial charge in [0, 0.05) is 41.3 Å². The second-order valence-electron chi connectivity index (χ2n) is 7.22. The van der Waals surface area contributed by atoms with Crippen LogP contribution in [-0.4, -0.2) is 42.2 Å². The van der Waals surface area contributed by atoms with Crippen LogP contribution in [-0.2, 0) is 19.0 Å². The molecule has 6 nitrogen and oxygen atoms in total. The molecule has 29 heavy (non-hydrogen) atoms. The van der Waals surface area contributed by atoms with Crippen molar-refractivity contribution >= 4 is 32.8 Å². The normalized spacial score (nSPS) is 20.2. The Hall–Kier alpha value is -1.51. The number of aromatic nitrogens is 2. The number of hydrogen-bond donors (Lipinski definition) is 0. The maximum absolute atomic E-state index is 14.7. The molecule has 0 N–H and O–H groups in total. The Morgan fingerprint density at radius 1 is 1.34 bits per heavy atom. The lowest BCUT2D eigenvalue weighted by Gasteiger charge is -2.23. The number of esters is 1. The van der Waals surface area contributed by atoms with Gasteiger partial charge in [-0.3, -0.25) is 4.79 Å². The van der Waals surface area contributed by atoms with Gasteiger partial charge in [-0.15, -0.1) is 0 Å². The molecule has 8 heteroatoms. The van der Waals surface area contributed by atoms with Crippen molar-refractivity contribution in [3.05, 3.63) is 28.1 Å². The summed E-state index contributed by atoms with van der Waals surface area (Å²) >= 11 is 3.45. The molecule has 2 unspecified atom stereocenters. The molecule has 2 fully saturated rings. The van der Waals surface area contributed by atoms with Gasteiger partial charge in [-0.25, -0.2) is 9.07 Å². The highest BCUT2D eigenvalue weighted by atomic mass is 79.9. The van der Waals surface area contributed by atoms with Crippen molar-refractivity contribution in [1.82, 2.24) is 9.78 Å². The molecule has 0 aliphatic carbocycles. The first-order valence-electron chi connectivity index (χ1n) is 10.3. The molecule has 160 valence electrons. The molecule has 3 heterocycles. The molecule has 1 aromatic carbocycles. The lowest BCUT2D eigenvalue weighted by Crippen LogP contribution is -2.19. The highest BCUT2D eigenvalue weighted by Gasteiger charge is 2.27. The second-order valence-corrected chi connectivity index (χ2v) is 8.02. The second kappa shape index (κ2) is 10.5. The molecule has 4 rings (SSSR count). The summed E-state index contributed by atoms with van der Waals surface area (Å²) in [5, 5.41) is 5.14. The maximum Gasteiger partial charge on any atom is 0.313 e. The van der Waals surface area contributed by atoms with Gasteiger partial charge in [0.2, 0.25) is 0 Å². The van der Waals surface area contributed by atoms with E-state index in [1.165, 1.54) is 18.9 Å². The molecule has 2 aliphatic heterocycles. The Morgan fingerprint density at radius 2 is 2.07 bits per heavy atom. The van der Waals surface area contributed by atoms with E-state index in [1.54, 1.807) is 24.7 Å². The van der Waals surface area contributed by atoms with Gasteiger partial charge in [0.1, 0.15) is 5.82 Å². The lowest BCUT2D eigenvalue weighted by atomic mass is 9.99. The van der Waals surface area contributed by atoms with Gasteiger partial charge < -0.3 is 14.2 Å². The van der Waals surface area contributed by atoms with Crippen LogP contribution in [0.25, 0.3) is 10.9 Å². The predicted octanol–water partition coefficient (Wildman–Crippen LogP) is 5.10. The van der Waals surface area contributed by atoms with Gasteiger partial charge in [-0.05, 0) is 61.9 Å². The number of rotatable bonds is 4. The van der Waals surface area contributed by atoms with Gasteiger partial charge in [0.05, 0.1) is 24.2 Å². The van der Waals surface area contributed by atoms with Crippen LogP contribution in [0.3, 0.4) is 0 Å². The number of benzene rings is 1. The molecule has 0 spiro atoms. The lowest BCUT2D eigenvalue weighted by molar-refractivity contribution is -0.144. The van der Waals surface area contributed by atoms with E-state index in [0.29, 0.717) is 22.2 Å². The summed E-state index contributed by atoms with van der Waals surface area (Å²) in [6.45, 7) is 6.32. The number of ether oxygens (including phenoxy) is 3. The van der Waals surface area contributed by atoms with E-state index >= 15 is 0 Å². The summed E-state index contributed by atoms with van der Waals surface area (Å²) in [5.74, 6) is -1.59. The van der Waals surface area contributed by atoms with E-state index in [1.807, 2.05) is 0 Å². The molecule has 0 radical (unpaired) electrons. The van der Waals surface area contributed by atoms with Crippen LogP contribution in [0.5, 0.6) is 0 Å². The van der Waals surface area contributed by atoms with Crippen molar-refractivity contribution in [3.8, 4) is 0 Å². The standard InChI is InChI=1S/C17H20BrFN2O3.C4H8O/c1-3-23-17(22)10(2)15-12(19)8-13-11(16(15)18)9-20-21(13)14-6-4-5-7-24-14;1-2-4-5-3-1/h8-10,14H,3-7H2,1-2H3;1-4H2. The fourth-order valence-corrected chi connectivity index (χ4v) is 4.41. The molecule has 0 amide bonds. The minimum Gasteiger partial charge on any atom is -0.466 e. The third-order valence-corrected chi connectivity index (χ3v) is 6.01. The molecule has 2 saturated heterocycles. The monoisotopic (exact) mass is 470 g/mol. The summed E-state index contributed by atoms with van der Waals surface area (Å²) in [6.07, 6.45) is 7.02. The number of fused-ring (bicyclic) bond motifs is 1. The number of nitrogens with zero attached hydrogens (tertiary/aromatic N) is 2. The Kier molecular flexibility index (Phi) is 8.03. The molecule has 2 aliphatic rings. The SMILES string of the molecule is C1CCOC1.CCOC(=O)C(C)c1c(F)cc2c(cnn2C2CCCCO2)c1Br. The molecule has 0 bridgehead atoms. The molecular formula is C21H28BrFN2O4. The van der Waals surface area contributed by atoms with Crippen molar-refractivity contribution in [2.45, 2.75) is 58.1 Å². The van der Waals surface area contributed by atoms with Gasteiger partial charge in [0.15, 0.2) is 6.23 Å². The van der Waals surface area contributed by atoms with Crippen LogP contribution in [0.15, 0.2) is 16.7 Å². The smallest absolute Gasteiger partial charge is 0.313 e. The van der Waals surface area contributed by atoms with Crippen molar-refractivity contribution in [1.29, 1.82) is 0 Å². The first-order chi connectivity index (χ1) is 14.0. The average molecular weight is 471 g/mol. The van der Waals surface area contributed by atoms with Gasteiger partial charge >= 0.3 is 5.97 Å². The summed E-state index contributed by atoms with van der Waals surface area (Å²) < 4.78 is 32.7. The topological polar surface area (TPSA) is 62.6 Å². The third kappa shape index (κ3) is 5.16. The van der Waals surface area contributed by atoms with Crippen molar-refractivity contribution in [2.24, 2.45) is 0 Å². The van der Waals surface area contributed by atoms with Crippen molar-refractivity contribution in [2.75, 3.05) is 26.4 Å². The van der Waals surface area contributed by atoms with E-state index in [-0.39, 0.29) is 12.8 Å². The fourth-order valence-electron chi connectivity index (χ4n) is 3.57.